The van der Waals surface area contributed by atoms with Crippen LogP contribution in [-0.4, -0.2) is 45.9 Å². The van der Waals surface area contributed by atoms with Gasteiger partial charge in [-0.1, -0.05) is 37.3 Å². The molecule has 1 N–H and O–H groups in total. The number of urea groups is 1. The first kappa shape index (κ1) is 28.8. The van der Waals surface area contributed by atoms with Crippen LogP contribution in [0.15, 0.2) is 97.2 Å². The maximum atomic E-state index is 13.8. The molecule has 218 valence electrons. The van der Waals surface area contributed by atoms with Crippen LogP contribution in [0, 0.1) is 0 Å². The van der Waals surface area contributed by atoms with Crippen molar-refractivity contribution in [2.45, 2.75) is 32.1 Å². The van der Waals surface area contributed by atoms with Gasteiger partial charge < -0.3 is 24.4 Å². The first-order valence-corrected chi connectivity index (χ1v) is 13.7. The lowest BCUT2D eigenvalue weighted by atomic mass is 9.99. The van der Waals surface area contributed by atoms with Gasteiger partial charge in [0, 0.05) is 37.2 Å². The van der Waals surface area contributed by atoms with Crippen molar-refractivity contribution in [1.29, 1.82) is 0 Å². The fourth-order valence-electron chi connectivity index (χ4n) is 5.10. The van der Waals surface area contributed by atoms with Gasteiger partial charge in [0.25, 0.3) is 0 Å². The Labute approximate surface area is 242 Å². The summed E-state index contributed by atoms with van der Waals surface area (Å²) in [6.07, 6.45) is -1.89. The van der Waals surface area contributed by atoms with Crippen molar-refractivity contribution < 1.29 is 27.5 Å². The first-order valence-electron chi connectivity index (χ1n) is 13.7. The average molecular weight is 577 g/mol. The van der Waals surface area contributed by atoms with E-state index in [4.69, 9.17) is 4.74 Å². The Morgan fingerprint density at radius 3 is 2.38 bits per heavy atom. The third-order valence-electron chi connectivity index (χ3n) is 7.08. The topological polar surface area (TPSA) is 66.8 Å². The van der Waals surface area contributed by atoms with E-state index in [0.29, 0.717) is 37.6 Å². The number of rotatable bonds is 8. The van der Waals surface area contributed by atoms with E-state index in [2.05, 4.69) is 9.88 Å². The van der Waals surface area contributed by atoms with Crippen LogP contribution in [0.3, 0.4) is 0 Å². The summed E-state index contributed by atoms with van der Waals surface area (Å²) in [7, 11) is 0. The van der Waals surface area contributed by atoms with Gasteiger partial charge in [-0.25, -0.2) is 4.79 Å². The van der Waals surface area contributed by atoms with E-state index in [9.17, 15) is 22.8 Å². The van der Waals surface area contributed by atoms with Crippen LogP contribution in [0.2, 0.25) is 0 Å². The molecule has 42 heavy (non-hydrogen) atoms. The number of nitrogens with zero attached hydrogens (tertiary/aromatic N) is 3. The van der Waals surface area contributed by atoms with Crippen molar-refractivity contribution in [3.05, 3.63) is 114 Å². The molecule has 1 aliphatic heterocycles. The second-order valence-electron chi connectivity index (χ2n) is 10.0. The number of hydrogen-bond donors (Lipinski definition) is 1. The molecule has 7 nitrogen and oxygen atoms in total. The summed E-state index contributed by atoms with van der Waals surface area (Å²) in [5.74, 6) is 1.10. The van der Waals surface area contributed by atoms with E-state index < -0.39 is 23.8 Å². The Bertz CT molecular complexity index is 1520. The lowest BCUT2D eigenvalue weighted by Crippen LogP contribution is -2.48. The predicted octanol–water partition coefficient (Wildman–Crippen LogP) is 7.17. The Morgan fingerprint density at radius 2 is 1.67 bits per heavy atom. The number of fused-ring (bicyclic) bond motifs is 1. The number of anilines is 1. The number of aromatic nitrogens is 1. The Kier molecular flexibility index (Phi) is 8.51. The molecule has 2 heterocycles. The van der Waals surface area contributed by atoms with Gasteiger partial charge in [0.1, 0.15) is 18.0 Å². The van der Waals surface area contributed by atoms with Crippen LogP contribution < -0.4 is 10.1 Å². The highest BCUT2D eigenvalue weighted by Gasteiger charge is 2.34. The first-order chi connectivity index (χ1) is 20.2. The zero-order valence-electron chi connectivity index (χ0n) is 23.1. The van der Waals surface area contributed by atoms with Crippen LogP contribution >= 0.6 is 0 Å². The largest absolute Gasteiger partial charge is 0.457 e. The molecule has 0 aliphatic carbocycles. The number of nitrogens with one attached hydrogen (secondary N) is 1. The summed E-state index contributed by atoms with van der Waals surface area (Å²) in [6, 6.07) is 24.2. The molecule has 3 amide bonds. The molecule has 4 aromatic rings. The van der Waals surface area contributed by atoms with E-state index in [-0.39, 0.29) is 18.1 Å². The fourth-order valence-corrected chi connectivity index (χ4v) is 5.10. The number of carbonyl (C=O) groups is 2. The molecule has 1 aliphatic rings. The Hall–Kier alpha value is -4.73. The van der Waals surface area contributed by atoms with E-state index in [1.807, 2.05) is 79.9 Å². The van der Waals surface area contributed by atoms with Crippen LogP contribution in [0.4, 0.5) is 23.7 Å². The number of hydrogen-bond acceptors (Lipinski definition) is 3. The van der Waals surface area contributed by atoms with Crippen LogP contribution in [-0.2, 0) is 17.5 Å². The number of ether oxygens (including phenoxy) is 1. The molecular weight excluding hydrogens is 545 g/mol. The number of amides is 3. The van der Waals surface area contributed by atoms with Crippen molar-refractivity contribution in [1.82, 2.24) is 14.4 Å². The van der Waals surface area contributed by atoms with Crippen LogP contribution in [0.5, 0.6) is 11.5 Å². The summed E-state index contributed by atoms with van der Waals surface area (Å²) in [5.41, 5.74) is 1.22. The van der Waals surface area contributed by atoms with Crippen molar-refractivity contribution in [3.63, 3.8) is 0 Å². The molecular formula is C32H31F3N4O3. The van der Waals surface area contributed by atoms with Crippen molar-refractivity contribution in [2.75, 3.05) is 25.0 Å². The molecule has 1 atom stereocenters. The van der Waals surface area contributed by atoms with Crippen molar-refractivity contribution >= 4 is 17.6 Å². The van der Waals surface area contributed by atoms with Gasteiger partial charge in [0.15, 0.2) is 0 Å². The normalized spacial score (nSPS) is 14.7. The maximum absolute atomic E-state index is 13.8. The lowest BCUT2D eigenvalue weighted by Gasteiger charge is -2.38. The zero-order chi connectivity index (χ0) is 29.7. The molecule has 0 saturated carbocycles. The summed E-state index contributed by atoms with van der Waals surface area (Å²) in [4.78, 5) is 30.1. The SMILES string of the molecule is CCCN(CC(=O)N1CCn2cccc2C1c1cccc(Oc2ccccc2)c1)C(=O)Nc1ccc(C(F)(F)F)cc1. The Morgan fingerprint density at radius 1 is 0.929 bits per heavy atom. The number of benzene rings is 3. The summed E-state index contributed by atoms with van der Waals surface area (Å²) in [5, 5.41) is 2.63. The molecule has 5 rings (SSSR count). The highest BCUT2D eigenvalue weighted by atomic mass is 19.4. The molecule has 1 aromatic heterocycles. The van der Waals surface area contributed by atoms with Crippen molar-refractivity contribution in [2.24, 2.45) is 0 Å². The van der Waals surface area contributed by atoms with Crippen molar-refractivity contribution in [3.8, 4) is 11.5 Å². The second kappa shape index (κ2) is 12.4. The van der Waals surface area contributed by atoms with Gasteiger partial charge in [0.2, 0.25) is 5.91 Å². The predicted molar refractivity (Wildman–Crippen MR) is 153 cm³/mol. The zero-order valence-corrected chi connectivity index (χ0v) is 23.1. The second-order valence-corrected chi connectivity index (χ2v) is 10.0. The molecule has 3 aromatic carbocycles. The lowest BCUT2D eigenvalue weighted by molar-refractivity contribution is -0.137. The molecule has 0 bridgehead atoms. The van der Waals surface area contributed by atoms with E-state index in [1.165, 1.54) is 17.0 Å². The minimum Gasteiger partial charge on any atom is -0.457 e. The summed E-state index contributed by atoms with van der Waals surface area (Å²) >= 11 is 0. The third kappa shape index (κ3) is 6.59. The van der Waals surface area contributed by atoms with Crippen LogP contribution in [0.25, 0.3) is 0 Å². The highest BCUT2D eigenvalue weighted by Crippen LogP contribution is 2.35. The number of carbonyl (C=O) groups excluding carboxylic acids is 2. The van der Waals surface area contributed by atoms with Gasteiger partial charge >= 0.3 is 12.2 Å². The molecule has 0 saturated heterocycles. The van der Waals surface area contributed by atoms with E-state index in [0.717, 1.165) is 23.4 Å². The molecule has 0 fully saturated rings. The van der Waals surface area contributed by atoms with Gasteiger partial charge in [-0.15, -0.1) is 0 Å². The average Bonchev–Trinajstić information content (AvgIpc) is 3.46. The monoisotopic (exact) mass is 576 g/mol. The molecule has 10 heteroatoms. The number of para-hydroxylation sites is 1. The minimum atomic E-state index is -4.47. The molecule has 1 unspecified atom stereocenters. The smallest absolute Gasteiger partial charge is 0.416 e. The molecule has 0 spiro atoms. The highest BCUT2D eigenvalue weighted by molar-refractivity contribution is 5.92. The quantitative estimate of drug-likeness (QED) is 0.242. The van der Waals surface area contributed by atoms with E-state index in [1.54, 1.807) is 4.90 Å². The van der Waals surface area contributed by atoms with Gasteiger partial charge in [-0.2, -0.15) is 13.2 Å². The summed E-state index contributed by atoms with van der Waals surface area (Å²) in [6.45, 7) is 3.05. The fraction of sp³-hybridized carbons (Fsp3) is 0.250. The Balaban J connectivity index is 1.35. The van der Waals surface area contributed by atoms with Gasteiger partial charge in [0.05, 0.1) is 11.6 Å². The van der Waals surface area contributed by atoms with E-state index >= 15 is 0 Å². The third-order valence-corrected chi connectivity index (χ3v) is 7.08. The summed E-state index contributed by atoms with van der Waals surface area (Å²) < 4.78 is 47.0. The minimum absolute atomic E-state index is 0.183. The molecule has 0 radical (unpaired) electrons. The van der Waals surface area contributed by atoms with Gasteiger partial charge in [-0.05, 0) is 72.6 Å². The number of halogens is 3. The standard InChI is InChI=1S/C32H31F3N4O3/c1-2-17-38(31(41)36-25-15-13-24(14-16-25)32(33,34)35)22-29(40)39-20-19-37-18-7-12-28(37)30(39)23-8-6-11-27(21-23)42-26-9-4-3-5-10-26/h3-16,18,21,30H,2,17,19-20,22H2,1H3,(H,36,41). The van der Waals surface area contributed by atoms with Crippen LogP contribution in [0.1, 0.15) is 36.2 Å². The number of alkyl halides is 3. The maximum Gasteiger partial charge on any atom is 0.416 e. The van der Waals surface area contributed by atoms with Gasteiger partial charge in [-0.3, -0.25) is 4.79 Å².